The van der Waals surface area contributed by atoms with Crippen LogP contribution in [0, 0.1) is 0 Å². The number of phenols is 1. The minimum Gasteiger partial charge on any atom is -0.508 e. The Morgan fingerprint density at radius 1 is 0.886 bits per heavy atom. The third kappa shape index (κ3) is 5.90. The Bertz CT molecular complexity index is 1250. The highest BCUT2D eigenvalue weighted by Crippen LogP contribution is 2.42. The average molecular weight is 496 g/mol. The molecule has 0 spiro atoms. The van der Waals surface area contributed by atoms with Crippen molar-refractivity contribution >= 4 is 20.6 Å². The van der Waals surface area contributed by atoms with Gasteiger partial charge in [-0.2, -0.15) is 0 Å². The van der Waals surface area contributed by atoms with E-state index in [1.54, 1.807) is 12.1 Å². The van der Waals surface area contributed by atoms with Crippen LogP contribution in [0.3, 0.4) is 0 Å². The van der Waals surface area contributed by atoms with Crippen molar-refractivity contribution in [2.45, 2.75) is 38.0 Å². The molecule has 7 heteroatoms. The predicted octanol–water partition coefficient (Wildman–Crippen LogP) is 5.49. The maximum absolute atomic E-state index is 12.0. The van der Waals surface area contributed by atoms with E-state index in [0.29, 0.717) is 25.2 Å². The molecule has 3 aromatic carbocycles. The number of hydrogen-bond donors (Lipinski definition) is 1. The fraction of sp³-hybridized carbons (Fsp3) is 0.429. The number of aromatic hydroxyl groups is 1. The van der Waals surface area contributed by atoms with Gasteiger partial charge in [0.2, 0.25) is 0 Å². The van der Waals surface area contributed by atoms with Crippen LogP contribution in [-0.2, 0) is 9.84 Å². The van der Waals surface area contributed by atoms with Crippen molar-refractivity contribution in [3.05, 3.63) is 60.2 Å². The topological polar surface area (TPSA) is 76.1 Å². The highest BCUT2D eigenvalue weighted by molar-refractivity contribution is 7.91. The van der Waals surface area contributed by atoms with Gasteiger partial charge >= 0.3 is 0 Å². The maximum Gasteiger partial charge on any atom is 0.150 e. The smallest absolute Gasteiger partial charge is 0.150 e. The van der Waals surface area contributed by atoms with Gasteiger partial charge in [0.05, 0.1) is 11.5 Å². The standard InChI is InChI=1S/C28H33NO5S/c30-23-5-11-27-22(20-23)4-10-26(21-12-18-35(31,32)19-13-21)28(27)34-25-8-6-24(7-9-25)33-17-16-29-14-2-1-3-15-29/h4-11,20-21,30H,1-3,12-19H2. The molecule has 2 aliphatic rings. The van der Waals surface area contributed by atoms with Gasteiger partial charge in [-0.25, -0.2) is 8.42 Å². The molecule has 5 rings (SSSR count). The van der Waals surface area contributed by atoms with Crippen molar-refractivity contribution in [2.24, 2.45) is 0 Å². The Balaban J connectivity index is 1.33. The van der Waals surface area contributed by atoms with Crippen LogP contribution in [-0.4, -0.2) is 56.2 Å². The summed E-state index contributed by atoms with van der Waals surface area (Å²) in [6.45, 7) is 3.94. The zero-order valence-electron chi connectivity index (χ0n) is 20.0. The molecule has 35 heavy (non-hydrogen) atoms. The van der Waals surface area contributed by atoms with Gasteiger partial charge in [0.1, 0.15) is 39.4 Å². The highest BCUT2D eigenvalue weighted by atomic mass is 32.2. The quantitative estimate of drug-likeness (QED) is 0.467. The van der Waals surface area contributed by atoms with Crippen molar-refractivity contribution < 1.29 is 23.0 Å². The largest absolute Gasteiger partial charge is 0.508 e. The molecule has 0 radical (unpaired) electrons. The van der Waals surface area contributed by atoms with Crippen LogP contribution in [0.1, 0.15) is 43.6 Å². The summed E-state index contributed by atoms with van der Waals surface area (Å²) in [6, 6.07) is 16.9. The summed E-state index contributed by atoms with van der Waals surface area (Å²) >= 11 is 0. The Hall–Kier alpha value is -2.77. The molecule has 2 saturated heterocycles. The van der Waals surface area contributed by atoms with Crippen molar-refractivity contribution in [1.29, 1.82) is 0 Å². The minimum absolute atomic E-state index is 0.115. The van der Waals surface area contributed by atoms with Gasteiger partial charge in [-0.05, 0) is 98.1 Å². The first-order valence-corrected chi connectivity index (χ1v) is 14.4. The van der Waals surface area contributed by atoms with Crippen LogP contribution in [0.5, 0.6) is 23.0 Å². The summed E-state index contributed by atoms with van der Waals surface area (Å²) in [6.07, 6.45) is 5.06. The molecule has 2 fully saturated rings. The maximum atomic E-state index is 12.0. The van der Waals surface area contributed by atoms with E-state index in [1.165, 1.54) is 19.3 Å². The Labute approximate surface area is 207 Å². The van der Waals surface area contributed by atoms with E-state index in [9.17, 15) is 13.5 Å². The first-order valence-electron chi connectivity index (χ1n) is 12.6. The van der Waals surface area contributed by atoms with Crippen molar-refractivity contribution in [3.8, 4) is 23.0 Å². The second kappa shape index (κ2) is 10.5. The molecule has 0 unspecified atom stereocenters. The molecule has 0 bridgehead atoms. The molecule has 2 aliphatic heterocycles. The number of hydrogen-bond acceptors (Lipinski definition) is 6. The van der Waals surface area contributed by atoms with Crippen LogP contribution >= 0.6 is 0 Å². The molecule has 0 atom stereocenters. The van der Waals surface area contributed by atoms with Crippen molar-refractivity contribution in [3.63, 3.8) is 0 Å². The van der Waals surface area contributed by atoms with Gasteiger partial charge < -0.3 is 14.6 Å². The van der Waals surface area contributed by atoms with E-state index in [0.717, 1.165) is 47.5 Å². The fourth-order valence-electron chi connectivity index (χ4n) is 5.14. The lowest BCUT2D eigenvalue weighted by Gasteiger charge is -2.26. The molecule has 3 aromatic rings. The van der Waals surface area contributed by atoms with E-state index in [-0.39, 0.29) is 23.2 Å². The monoisotopic (exact) mass is 495 g/mol. The van der Waals surface area contributed by atoms with E-state index < -0.39 is 9.84 Å². The predicted molar refractivity (Wildman–Crippen MR) is 139 cm³/mol. The number of sulfone groups is 1. The molecular weight excluding hydrogens is 462 g/mol. The SMILES string of the molecule is O=S1(=O)CCC(c2ccc3cc(O)ccc3c2Oc2ccc(OCCN3CCCCC3)cc2)CC1. The van der Waals surface area contributed by atoms with Crippen molar-refractivity contribution in [1.82, 2.24) is 4.90 Å². The van der Waals surface area contributed by atoms with Crippen LogP contribution in [0.15, 0.2) is 54.6 Å². The molecule has 6 nitrogen and oxygen atoms in total. The van der Waals surface area contributed by atoms with E-state index >= 15 is 0 Å². The molecule has 0 aromatic heterocycles. The third-order valence-corrected chi connectivity index (χ3v) is 8.86. The average Bonchev–Trinajstić information content (AvgIpc) is 2.86. The summed E-state index contributed by atoms with van der Waals surface area (Å²) < 4.78 is 36.3. The number of ether oxygens (including phenoxy) is 2. The molecular formula is C28H33NO5S. The summed E-state index contributed by atoms with van der Waals surface area (Å²) in [5.41, 5.74) is 1.01. The minimum atomic E-state index is -2.95. The summed E-state index contributed by atoms with van der Waals surface area (Å²) in [7, 11) is -2.95. The first-order chi connectivity index (χ1) is 17.0. The molecule has 0 saturated carbocycles. The molecule has 1 N–H and O–H groups in total. The van der Waals surface area contributed by atoms with Gasteiger partial charge in [0.25, 0.3) is 0 Å². The molecule has 2 heterocycles. The zero-order chi connectivity index (χ0) is 24.3. The Morgan fingerprint density at radius 3 is 2.34 bits per heavy atom. The zero-order valence-corrected chi connectivity index (χ0v) is 20.8. The van der Waals surface area contributed by atoms with Gasteiger partial charge in [0, 0.05) is 11.9 Å². The van der Waals surface area contributed by atoms with Crippen LogP contribution in [0.2, 0.25) is 0 Å². The third-order valence-electron chi connectivity index (χ3n) is 7.15. The molecule has 0 aliphatic carbocycles. The number of nitrogens with zero attached hydrogens (tertiary/aromatic N) is 1. The van der Waals surface area contributed by atoms with Gasteiger partial charge in [-0.3, -0.25) is 4.90 Å². The Kier molecular flexibility index (Phi) is 7.16. The molecule has 186 valence electrons. The first kappa shape index (κ1) is 23.9. The normalized spacial score (nSPS) is 19.0. The van der Waals surface area contributed by atoms with Gasteiger partial charge in [-0.15, -0.1) is 0 Å². The summed E-state index contributed by atoms with van der Waals surface area (Å²) in [5.74, 6) is 2.96. The second-order valence-electron chi connectivity index (χ2n) is 9.64. The molecule has 0 amide bonds. The fourth-order valence-corrected chi connectivity index (χ4v) is 6.63. The number of phenolic OH excluding ortho intramolecular Hbond substituents is 1. The van der Waals surface area contributed by atoms with Gasteiger partial charge in [-0.1, -0.05) is 18.6 Å². The number of piperidine rings is 1. The number of benzene rings is 3. The summed E-state index contributed by atoms with van der Waals surface area (Å²) in [5, 5.41) is 11.7. The van der Waals surface area contributed by atoms with Crippen molar-refractivity contribution in [2.75, 3.05) is 37.7 Å². The lowest BCUT2D eigenvalue weighted by molar-refractivity contribution is 0.183. The van der Waals surface area contributed by atoms with Crippen LogP contribution in [0.25, 0.3) is 10.8 Å². The Morgan fingerprint density at radius 2 is 1.60 bits per heavy atom. The van der Waals surface area contributed by atoms with E-state index in [2.05, 4.69) is 4.90 Å². The second-order valence-corrected chi connectivity index (χ2v) is 11.9. The van der Waals surface area contributed by atoms with Crippen LogP contribution in [0.4, 0.5) is 0 Å². The van der Waals surface area contributed by atoms with Gasteiger partial charge in [0.15, 0.2) is 0 Å². The lowest BCUT2D eigenvalue weighted by atomic mass is 9.90. The number of rotatable bonds is 7. The summed E-state index contributed by atoms with van der Waals surface area (Å²) in [4.78, 5) is 2.46. The van der Waals surface area contributed by atoms with E-state index in [4.69, 9.17) is 9.47 Å². The lowest BCUT2D eigenvalue weighted by Crippen LogP contribution is -2.33. The number of fused-ring (bicyclic) bond motifs is 1. The number of likely N-dealkylation sites (tertiary alicyclic amines) is 1. The van der Waals surface area contributed by atoms with Crippen LogP contribution < -0.4 is 9.47 Å². The van der Waals surface area contributed by atoms with E-state index in [1.807, 2.05) is 42.5 Å². The highest BCUT2D eigenvalue weighted by Gasteiger charge is 2.27.